The summed E-state index contributed by atoms with van der Waals surface area (Å²) in [6.45, 7) is 2.79. The van der Waals surface area contributed by atoms with Crippen LogP contribution in [0.3, 0.4) is 0 Å². The van der Waals surface area contributed by atoms with Gasteiger partial charge in [0.05, 0.1) is 12.2 Å². The Balaban J connectivity index is 2.86. The second-order valence-corrected chi connectivity index (χ2v) is 6.49. The molecule has 0 saturated carbocycles. The zero-order valence-corrected chi connectivity index (χ0v) is 13.3. The van der Waals surface area contributed by atoms with Gasteiger partial charge in [-0.2, -0.15) is 0 Å². The number of nitrogens with one attached hydrogen (secondary N) is 2. The van der Waals surface area contributed by atoms with Crippen LogP contribution in [0.1, 0.15) is 13.3 Å². The fourth-order valence-corrected chi connectivity index (χ4v) is 2.59. The summed E-state index contributed by atoms with van der Waals surface area (Å²) in [5.41, 5.74) is 6.60. The highest BCUT2D eigenvalue weighted by molar-refractivity contribution is 7.89. The molecule has 0 bridgehead atoms. The maximum atomic E-state index is 11.7. The van der Waals surface area contributed by atoms with Crippen molar-refractivity contribution in [3.63, 3.8) is 0 Å². The molecular weight excluding hydrogens is 292 g/mol. The van der Waals surface area contributed by atoms with Crippen LogP contribution in [-0.4, -0.2) is 41.5 Å². The zero-order valence-electron chi connectivity index (χ0n) is 12.5. The van der Waals surface area contributed by atoms with Crippen molar-refractivity contribution in [2.24, 2.45) is 0 Å². The van der Waals surface area contributed by atoms with Crippen molar-refractivity contribution in [1.82, 2.24) is 10.0 Å². The third-order valence-electron chi connectivity index (χ3n) is 2.95. The molecule has 7 nitrogen and oxygen atoms in total. The highest BCUT2D eigenvalue weighted by Crippen LogP contribution is 2.24. The molecule has 0 unspecified atom stereocenters. The number of anilines is 2. The lowest BCUT2D eigenvalue weighted by molar-refractivity contribution is -0.119. The summed E-state index contributed by atoms with van der Waals surface area (Å²) in [5.74, 6) is -0.0927. The average molecular weight is 314 g/mol. The maximum Gasteiger partial charge on any atom is 0.242 e. The summed E-state index contributed by atoms with van der Waals surface area (Å²) >= 11 is 0. The SMILES string of the molecule is CCCNC(=O)CN(C)c1ccc(S(=O)(=O)NC)c(N)c1. The van der Waals surface area contributed by atoms with Crippen LogP contribution in [0.15, 0.2) is 23.1 Å². The van der Waals surface area contributed by atoms with Crippen LogP contribution in [0.2, 0.25) is 0 Å². The summed E-state index contributed by atoms with van der Waals surface area (Å²) in [5, 5.41) is 2.77. The molecule has 0 aliphatic carbocycles. The van der Waals surface area contributed by atoms with Crippen molar-refractivity contribution in [3.05, 3.63) is 18.2 Å². The van der Waals surface area contributed by atoms with Gasteiger partial charge in [-0.15, -0.1) is 0 Å². The third kappa shape index (κ3) is 4.61. The van der Waals surface area contributed by atoms with Gasteiger partial charge in [0, 0.05) is 19.3 Å². The van der Waals surface area contributed by atoms with Gasteiger partial charge in [0.25, 0.3) is 0 Å². The number of carbonyl (C=O) groups is 1. The van der Waals surface area contributed by atoms with E-state index in [9.17, 15) is 13.2 Å². The molecule has 1 amide bonds. The van der Waals surface area contributed by atoms with E-state index in [-0.39, 0.29) is 23.0 Å². The van der Waals surface area contributed by atoms with Crippen molar-refractivity contribution in [2.45, 2.75) is 18.2 Å². The van der Waals surface area contributed by atoms with E-state index in [1.807, 2.05) is 6.92 Å². The van der Waals surface area contributed by atoms with Gasteiger partial charge in [-0.05, 0) is 31.7 Å². The first-order chi connectivity index (χ1) is 9.81. The monoisotopic (exact) mass is 314 g/mol. The Morgan fingerprint density at radius 1 is 1.38 bits per heavy atom. The molecule has 0 heterocycles. The summed E-state index contributed by atoms with van der Waals surface area (Å²) in [6, 6.07) is 4.59. The van der Waals surface area contributed by atoms with Gasteiger partial charge in [0.15, 0.2) is 0 Å². The zero-order chi connectivity index (χ0) is 16.0. The second-order valence-electron chi connectivity index (χ2n) is 4.64. The Morgan fingerprint density at radius 3 is 2.57 bits per heavy atom. The van der Waals surface area contributed by atoms with Crippen LogP contribution in [0.25, 0.3) is 0 Å². The van der Waals surface area contributed by atoms with Gasteiger partial charge >= 0.3 is 0 Å². The van der Waals surface area contributed by atoms with Crippen molar-refractivity contribution in [3.8, 4) is 0 Å². The lowest BCUT2D eigenvalue weighted by atomic mass is 10.2. The highest BCUT2D eigenvalue weighted by Gasteiger charge is 2.16. The molecule has 0 aromatic heterocycles. The van der Waals surface area contributed by atoms with E-state index in [0.29, 0.717) is 12.2 Å². The highest BCUT2D eigenvalue weighted by atomic mass is 32.2. The van der Waals surface area contributed by atoms with Gasteiger partial charge in [-0.3, -0.25) is 4.79 Å². The number of likely N-dealkylation sites (N-methyl/N-ethyl adjacent to an activating group) is 1. The number of hydrogen-bond donors (Lipinski definition) is 3. The first-order valence-electron chi connectivity index (χ1n) is 6.62. The molecule has 0 saturated heterocycles. The summed E-state index contributed by atoms with van der Waals surface area (Å²) in [7, 11) is -0.510. The van der Waals surface area contributed by atoms with E-state index < -0.39 is 10.0 Å². The molecule has 0 fully saturated rings. The predicted molar refractivity (Wildman–Crippen MR) is 83.7 cm³/mol. The van der Waals surface area contributed by atoms with Crippen molar-refractivity contribution < 1.29 is 13.2 Å². The molecule has 21 heavy (non-hydrogen) atoms. The number of nitrogens with zero attached hydrogens (tertiary/aromatic N) is 1. The Bertz CT molecular complexity index is 601. The van der Waals surface area contributed by atoms with Crippen LogP contribution in [0.4, 0.5) is 11.4 Å². The third-order valence-corrected chi connectivity index (χ3v) is 4.43. The van der Waals surface area contributed by atoms with Gasteiger partial charge < -0.3 is 16.0 Å². The molecule has 0 radical (unpaired) electrons. The van der Waals surface area contributed by atoms with Gasteiger partial charge in [0.2, 0.25) is 15.9 Å². The number of amides is 1. The number of carbonyl (C=O) groups excluding carboxylic acids is 1. The lowest BCUT2D eigenvalue weighted by Gasteiger charge is -2.20. The Labute approximate surface area is 125 Å². The summed E-state index contributed by atoms with van der Waals surface area (Å²) in [4.78, 5) is 13.4. The largest absolute Gasteiger partial charge is 0.398 e. The smallest absolute Gasteiger partial charge is 0.242 e. The summed E-state index contributed by atoms with van der Waals surface area (Å²) in [6.07, 6.45) is 0.874. The Hall–Kier alpha value is -1.80. The van der Waals surface area contributed by atoms with E-state index in [2.05, 4.69) is 10.0 Å². The molecule has 4 N–H and O–H groups in total. The Kier molecular flexibility index (Phi) is 5.98. The van der Waals surface area contributed by atoms with Crippen LogP contribution >= 0.6 is 0 Å². The average Bonchev–Trinajstić information content (AvgIpc) is 2.44. The first kappa shape index (κ1) is 17.3. The molecule has 0 aliphatic rings. The van der Waals surface area contributed by atoms with Crippen LogP contribution in [0, 0.1) is 0 Å². The number of nitrogen functional groups attached to an aromatic ring is 1. The number of nitrogens with two attached hydrogens (primary N) is 1. The Morgan fingerprint density at radius 2 is 2.05 bits per heavy atom. The standard InChI is InChI=1S/C13H22N4O3S/c1-4-7-16-13(18)9-17(3)10-5-6-12(11(14)8-10)21(19,20)15-2/h5-6,8,15H,4,7,9,14H2,1-3H3,(H,16,18). The van der Waals surface area contributed by atoms with Crippen molar-refractivity contribution in [1.29, 1.82) is 0 Å². The van der Waals surface area contributed by atoms with E-state index in [0.717, 1.165) is 6.42 Å². The van der Waals surface area contributed by atoms with Crippen molar-refractivity contribution in [2.75, 3.05) is 37.8 Å². The first-order valence-corrected chi connectivity index (χ1v) is 8.11. The minimum Gasteiger partial charge on any atom is -0.398 e. The minimum absolute atomic E-state index is 0.0255. The van der Waals surface area contributed by atoms with E-state index >= 15 is 0 Å². The second kappa shape index (κ2) is 7.28. The lowest BCUT2D eigenvalue weighted by Crippen LogP contribution is -2.35. The van der Waals surface area contributed by atoms with E-state index in [1.54, 1.807) is 18.0 Å². The van der Waals surface area contributed by atoms with E-state index in [1.165, 1.54) is 19.2 Å². The van der Waals surface area contributed by atoms with Crippen molar-refractivity contribution >= 4 is 27.3 Å². The molecule has 1 aromatic carbocycles. The fraction of sp³-hybridized carbons (Fsp3) is 0.462. The van der Waals surface area contributed by atoms with Gasteiger partial charge in [-0.1, -0.05) is 6.92 Å². The fourth-order valence-electron chi connectivity index (χ4n) is 1.75. The molecular formula is C13H22N4O3S. The van der Waals surface area contributed by atoms with Crippen LogP contribution < -0.4 is 20.7 Å². The number of hydrogen-bond acceptors (Lipinski definition) is 5. The quantitative estimate of drug-likeness (QED) is 0.621. The molecule has 1 aromatic rings. The molecule has 0 aliphatic heterocycles. The molecule has 118 valence electrons. The summed E-state index contributed by atoms with van der Waals surface area (Å²) < 4.78 is 25.7. The molecule has 0 atom stereocenters. The van der Waals surface area contributed by atoms with Crippen LogP contribution in [0.5, 0.6) is 0 Å². The normalized spacial score (nSPS) is 11.2. The molecule has 1 rings (SSSR count). The number of rotatable bonds is 7. The van der Waals surface area contributed by atoms with Crippen LogP contribution in [-0.2, 0) is 14.8 Å². The molecule has 0 spiro atoms. The topological polar surface area (TPSA) is 105 Å². The number of benzene rings is 1. The number of sulfonamides is 1. The maximum absolute atomic E-state index is 11.7. The predicted octanol–water partition coefficient (Wildman–Crippen LogP) is 0.139. The minimum atomic E-state index is -3.58. The van der Waals surface area contributed by atoms with E-state index in [4.69, 9.17) is 5.73 Å². The van der Waals surface area contributed by atoms with Gasteiger partial charge in [-0.25, -0.2) is 13.1 Å². The molecule has 8 heteroatoms. The van der Waals surface area contributed by atoms with Gasteiger partial charge in [0.1, 0.15) is 4.90 Å².